The van der Waals surface area contributed by atoms with Gasteiger partial charge in [-0.1, -0.05) is 11.3 Å². The van der Waals surface area contributed by atoms with Gasteiger partial charge in [-0.25, -0.2) is 14.1 Å². The van der Waals surface area contributed by atoms with Crippen molar-refractivity contribution in [1.82, 2.24) is 29.8 Å². The topological polar surface area (TPSA) is 93.7 Å². The maximum Gasteiger partial charge on any atom is 0.214 e. The van der Waals surface area contributed by atoms with Crippen molar-refractivity contribution in [2.75, 3.05) is 5.32 Å². The number of tetrazole rings is 1. The number of aromatic nitrogens is 6. The van der Waals surface area contributed by atoms with Crippen molar-refractivity contribution in [3.8, 4) is 0 Å². The number of nitrogens with zero attached hydrogens (tertiary/aromatic N) is 6. The summed E-state index contributed by atoms with van der Waals surface area (Å²) in [6.07, 6.45) is 5.07. The molecule has 0 amide bonds. The van der Waals surface area contributed by atoms with E-state index in [-0.39, 0.29) is 5.82 Å². The smallest absolute Gasteiger partial charge is 0.214 e. The second-order valence-corrected chi connectivity index (χ2v) is 9.36. The molecule has 29 heavy (non-hydrogen) atoms. The van der Waals surface area contributed by atoms with Crippen LogP contribution in [0.25, 0.3) is 10.9 Å². The molecule has 1 unspecified atom stereocenters. The van der Waals surface area contributed by atoms with Crippen LogP contribution in [0, 0.1) is 11.7 Å². The van der Waals surface area contributed by atoms with Gasteiger partial charge in [-0.3, -0.25) is 0 Å². The Morgan fingerprint density at radius 2 is 2.28 bits per heavy atom. The lowest BCUT2D eigenvalue weighted by molar-refractivity contribution is 0.209. The summed E-state index contributed by atoms with van der Waals surface area (Å²) < 4.78 is 18.3. The molecule has 11 heteroatoms. The van der Waals surface area contributed by atoms with E-state index in [1.807, 2.05) is 10.8 Å². The number of fused-ring (bicyclic) bond motifs is 1. The van der Waals surface area contributed by atoms with Gasteiger partial charge in [-0.2, -0.15) is 0 Å². The van der Waals surface area contributed by atoms with Crippen molar-refractivity contribution in [3.63, 3.8) is 0 Å². The highest BCUT2D eigenvalue weighted by molar-refractivity contribution is 8.01. The van der Waals surface area contributed by atoms with Crippen LogP contribution < -0.4 is 5.32 Å². The maximum atomic E-state index is 13.8. The molecule has 1 atom stereocenters. The van der Waals surface area contributed by atoms with Crippen molar-refractivity contribution in [3.05, 3.63) is 42.0 Å². The zero-order valence-electron chi connectivity index (χ0n) is 15.5. The Labute approximate surface area is 173 Å². The predicted molar refractivity (Wildman–Crippen MR) is 108 cm³/mol. The second-order valence-electron chi connectivity index (χ2n) is 7.06. The van der Waals surface area contributed by atoms with Crippen LogP contribution >= 0.6 is 23.1 Å². The fourth-order valence-corrected chi connectivity index (χ4v) is 4.94. The van der Waals surface area contributed by atoms with Crippen LogP contribution in [0.3, 0.4) is 0 Å². The molecule has 1 aromatic carbocycles. The van der Waals surface area contributed by atoms with E-state index in [9.17, 15) is 9.50 Å². The molecule has 1 fully saturated rings. The average Bonchev–Trinajstić information content (AvgIpc) is 3.08. The van der Waals surface area contributed by atoms with Crippen LogP contribution in [0.5, 0.6) is 0 Å². The minimum absolute atomic E-state index is 0.276. The number of aliphatic hydroxyl groups excluding tert-OH is 1. The van der Waals surface area contributed by atoms with E-state index in [2.05, 4.69) is 25.8 Å². The molecule has 0 saturated heterocycles. The number of thiazole rings is 1. The molecule has 2 N–H and O–H groups in total. The molecule has 1 saturated carbocycles. The molecule has 0 aliphatic heterocycles. The lowest BCUT2D eigenvalue weighted by atomic mass is 10.1. The van der Waals surface area contributed by atoms with E-state index in [0.717, 1.165) is 21.7 Å². The summed E-state index contributed by atoms with van der Waals surface area (Å²) in [4.78, 5) is 4.33. The molecule has 3 heterocycles. The summed E-state index contributed by atoms with van der Waals surface area (Å²) in [5, 5.41) is 27.3. The average molecular weight is 432 g/mol. The van der Waals surface area contributed by atoms with E-state index in [1.54, 1.807) is 24.0 Å². The number of hydrogen-bond acceptors (Lipinski definition) is 8. The van der Waals surface area contributed by atoms with Gasteiger partial charge in [0.25, 0.3) is 0 Å². The largest absolute Gasteiger partial charge is 0.369 e. The van der Waals surface area contributed by atoms with Gasteiger partial charge in [-0.05, 0) is 59.1 Å². The highest BCUT2D eigenvalue weighted by Crippen LogP contribution is 2.36. The molecule has 3 aromatic heterocycles. The van der Waals surface area contributed by atoms with E-state index >= 15 is 0 Å². The molecule has 4 aromatic rings. The van der Waals surface area contributed by atoms with E-state index < -0.39 is 6.23 Å². The summed E-state index contributed by atoms with van der Waals surface area (Å²) in [6, 6.07) is 4.67. The highest BCUT2D eigenvalue weighted by Gasteiger charge is 2.24. The Bertz CT molecular complexity index is 1170. The summed E-state index contributed by atoms with van der Waals surface area (Å²) in [5.74, 6) is 0.363. The normalized spacial score (nSPS) is 15.1. The Hall–Kier alpha value is -2.50. The summed E-state index contributed by atoms with van der Waals surface area (Å²) in [6.45, 7) is 0.844. The van der Waals surface area contributed by atoms with Crippen LogP contribution in [0.2, 0.25) is 0 Å². The number of halogens is 1. The van der Waals surface area contributed by atoms with Gasteiger partial charge in [0.2, 0.25) is 5.16 Å². The lowest BCUT2D eigenvalue weighted by Crippen LogP contribution is -2.09. The summed E-state index contributed by atoms with van der Waals surface area (Å²) >= 11 is 2.81. The molecular weight excluding hydrogens is 413 g/mol. The van der Waals surface area contributed by atoms with Crippen LogP contribution in [0.4, 0.5) is 9.52 Å². The van der Waals surface area contributed by atoms with Gasteiger partial charge >= 0.3 is 0 Å². The Balaban J connectivity index is 1.37. The number of anilines is 1. The minimum atomic E-state index is -0.955. The summed E-state index contributed by atoms with van der Waals surface area (Å²) in [7, 11) is 1.77. The third-order valence-electron chi connectivity index (χ3n) is 4.84. The number of hydrogen-bond donors (Lipinski definition) is 2. The van der Waals surface area contributed by atoms with Crippen molar-refractivity contribution in [2.24, 2.45) is 13.0 Å². The van der Waals surface area contributed by atoms with Crippen molar-refractivity contribution >= 4 is 39.1 Å². The molecule has 1 aliphatic rings. The first kappa shape index (κ1) is 18.5. The van der Waals surface area contributed by atoms with Gasteiger partial charge in [0, 0.05) is 30.7 Å². The van der Waals surface area contributed by atoms with Crippen LogP contribution in [-0.4, -0.2) is 34.9 Å². The Morgan fingerprint density at radius 3 is 3.03 bits per heavy atom. The van der Waals surface area contributed by atoms with E-state index in [0.29, 0.717) is 21.8 Å². The third-order valence-corrected chi connectivity index (χ3v) is 6.90. The number of aliphatic hydroxyl groups is 1. The van der Waals surface area contributed by atoms with Crippen LogP contribution in [-0.2, 0) is 13.6 Å². The van der Waals surface area contributed by atoms with E-state index in [4.69, 9.17) is 0 Å². The molecular formula is C18H18FN7OS2. The molecule has 0 radical (unpaired) electrons. The van der Waals surface area contributed by atoms with Gasteiger partial charge in [0.05, 0.1) is 15.9 Å². The maximum absolute atomic E-state index is 13.8. The van der Waals surface area contributed by atoms with Crippen molar-refractivity contribution < 1.29 is 9.50 Å². The quantitative estimate of drug-likeness (QED) is 0.433. The van der Waals surface area contributed by atoms with Gasteiger partial charge in [0.15, 0.2) is 11.4 Å². The molecule has 1 aliphatic carbocycles. The standard InChI is InChI=1S/C18H18FN7OS2/c1-25-18(22-23-24-25)29-15-7-20-17(28-15)21-16(27)13-9-26(8-10-2-3-10)14-6-11(19)4-5-12(13)14/h4-7,9-10,16,27H,2-3,8H2,1H3,(H,20,21). The zero-order valence-corrected chi connectivity index (χ0v) is 17.1. The predicted octanol–water partition coefficient (Wildman–Crippen LogP) is 3.42. The zero-order chi connectivity index (χ0) is 20.0. The third kappa shape index (κ3) is 3.85. The van der Waals surface area contributed by atoms with Gasteiger partial charge < -0.3 is 15.0 Å². The molecule has 8 nitrogen and oxygen atoms in total. The number of nitrogens with one attached hydrogen (secondary N) is 1. The van der Waals surface area contributed by atoms with Crippen LogP contribution in [0.15, 0.2) is 40.0 Å². The monoisotopic (exact) mass is 431 g/mol. The van der Waals surface area contributed by atoms with E-state index in [1.165, 1.54) is 48.1 Å². The van der Waals surface area contributed by atoms with Crippen molar-refractivity contribution in [1.29, 1.82) is 0 Å². The van der Waals surface area contributed by atoms with Crippen molar-refractivity contribution in [2.45, 2.75) is 35.0 Å². The highest BCUT2D eigenvalue weighted by atomic mass is 32.2. The molecule has 150 valence electrons. The SMILES string of the molecule is Cn1nnnc1Sc1cnc(NC(O)c2cn(CC3CC3)c3cc(F)ccc23)s1. The number of benzene rings is 1. The fourth-order valence-electron chi connectivity index (χ4n) is 3.21. The molecule has 0 bridgehead atoms. The Morgan fingerprint density at radius 1 is 1.41 bits per heavy atom. The lowest BCUT2D eigenvalue weighted by Gasteiger charge is -2.10. The summed E-state index contributed by atoms with van der Waals surface area (Å²) in [5.41, 5.74) is 1.51. The molecule has 5 rings (SSSR count). The van der Waals surface area contributed by atoms with Crippen LogP contribution in [0.1, 0.15) is 24.6 Å². The number of rotatable bonds is 7. The first-order chi connectivity index (χ1) is 14.1. The first-order valence-corrected chi connectivity index (χ1v) is 10.8. The minimum Gasteiger partial charge on any atom is -0.369 e. The number of aryl methyl sites for hydroxylation is 1. The fraction of sp³-hybridized carbons (Fsp3) is 0.333. The first-order valence-electron chi connectivity index (χ1n) is 9.16. The van der Waals surface area contributed by atoms with Gasteiger partial charge in [0.1, 0.15) is 5.82 Å². The van der Waals surface area contributed by atoms with Gasteiger partial charge in [-0.15, -0.1) is 5.10 Å². The Kier molecular flexibility index (Phi) is 4.72. The second kappa shape index (κ2) is 7.39. The molecule has 0 spiro atoms.